The largest absolute Gasteiger partial charge is 0.386 e. The first-order valence-electron chi connectivity index (χ1n) is 8.21. The van der Waals surface area contributed by atoms with E-state index in [1.807, 2.05) is 31.0 Å². The fraction of sp³-hybridized carbons (Fsp3) is 0.389. The van der Waals surface area contributed by atoms with Gasteiger partial charge in [0.2, 0.25) is 0 Å². The van der Waals surface area contributed by atoms with Crippen LogP contribution in [-0.2, 0) is 12.8 Å². The molecule has 1 unspecified atom stereocenters. The van der Waals surface area contributed by atoms with Gasteiger partial charge in [0.1, 0.15) is 16.5 Å². The van der Waals surface area contributed by atoms with Crippen molar-refractivity contribution in [2.75, 3.05) is 18.5 Å². The van der Waals surface area contributed by atoms with Crippen LogP contribution in [0.2, 0.25) is 0 Å². The Kier molecular flexibility index (Phi) is 3.94. The summed E-state index contributed by atoms with van der Waals surface area (Å²) in [6, 6.07) is 3.74. The maximum Gasteiger partial charge on any atom is 0.141 e. The monoisotopic (exact) mass is 340 g/mol. The summed E-state index contributed by atoms with van der Waals surface area (Å²) in [6.45, 7) is 2.40. The van der Waals surface area contributed by atoms with Crippen molar-refractivity contribution in [2.45, 2.75) is 32.3 Å². The first kappa shape index (κ1) is 15.5. The first-order chi connectivity index (χ1) is 11.6. The third-order valence-electron chi connectivity index (χ3n) is 4.53. The van der Waals surface area contributed by atoms with Crippen LogP contribution in [0.1, 0.15) is 34.4 Å². The van der Waals surface area contributed by atoms with Gasteiger partial charge in [-0.05, 0) is 37.8 Å². The number of likely N-dealkylation sites (N-methyl/N-ethyl adjacent to an activating group) is 1. The molecule has 0 saturated carbocycles. The van der Waals surface area contributed by atoms with Crippen LogP contribution in [0.4, 0.5) is 5.82 Å². The molecule has 0 aliphatic heterocycles. The fourth-order valence-corrected chi connectivity index (χ4v) is 4.68. The van der Waals surface area contributed by atoms with Crippen molar-refractivity contribution < 1.29 is 5.11 Å². The minimum atomic E-state index is -0.597. The maximum atomic E-state index is 10.5. The normalized spacial score (nSPS) is 14.8. The minimum absolute atomic E-state index is 0.474. The van der Waals surface area contributed by atoms with Crippen molar-refractivity contribution in [1.82, 2.24) is 15.0 Å². The second-order valence-electron chi connectivity index (χ2n) is 6.31. The molecule has 6 heteroatoms. The molecule has 0 radical (unpaired) electrons. The van der Waals surface area contributed by atoms with Gasteiger partial charge in [-0.1, -0.05) is 6.07 Å². The summed E-state index contributed by atoms with van der Waals surface area (Å²) in [5, 5.41) is 11.7. The van der Waals surface area contributed by atoms with E-state index < -0.39 is 6.10 Å². The molecule has 3 aromatic heterocycles. The number of aryl methyl sites for hydroxylation is 3. The summed E-state index contributed by atoms with van der Waals surface area (Å²) < 4.78 is 0. The van der Waals surface area contributed by atoms with Crippen molar-refractivity contribution in [3.63, 3.8) is 0 Å². The predicted octanol–water partition coefficient (Wildman–Crippen LogP) is 3.05. The average Bonchev–Trinajstić information content (AvgIpc) is 3.15. The van der Waals surface area contributed by atoms with Crippen LogP contribution in [0.25, 0.3) is 10.2 Å². The van der Waals surface area contributed by atoms with Gasteiger partial charge in [0, 0.05) is 36.4 Å². The van der Waals surface area contributed by atoms with E-state index in [1.54, 1.807) is 23.7 Å². The van der Waals surface area contributed by atoms with Crippen LogP contribution in [0.3, 0.4) is 0 Å². The molecular weight excluding hydrogens is 320 g/mol. The zero-order chi connectivity index (χ0) is 16.7. The van der Waals surface area contributed by atoms with Crippen molar-refractivity contribution in [2.24, 2.45) is 0 Å². The summed E-state index contributed by atoms with van der Waals surface area (Å²) >= 11 is 1.80. The van der Waals surface area contributed by atoms with Gasteiger partial charge in [-0.25, -0.2) is 9.97 Å². The topological polar surface area (TPSA) is 62.1 Å². The predicted molar refractivity (Wildman–Crippen MR) is 96.6 cm³/mol. The van der Waals surface area contributed by atoms with Crippen LogP contribution >= 0.6 is 11.3 Å². The summed E-state index contributed by atoms with van der Waals surface area (Å²) in [5.74, 6) is 1.71. The van der Waals surface area contributed by atoms with Crippen LogP contribution in [0.15, 0.2) is 24.5 Å². The lowest BCUT2D eigenvalue weighted by Gasteiger charge is -2.23. The number of anilines is 1. The minimum Gasteiger partial charge on any atom is -0.386 e. The van der Waals surface area contributed by atoms with Crippen LogP contribution in [0.5, 0.6) is 0 Å². The number of fused-ring (bicyclic) bond motifs is 3. The Balaban J connectivity index is 1.70. The number of pyridine rings is 1. The van der Waals surface area contributed by atoms with Gasteiger partial charge in [-0.2, -0.15) is 0 Å². The Labute approximate surface area is 145 Å². The third-order valence-corrected chi connectivity index (χ3v) is 5.72. The quantitative estimate of drug-likeness (QED) is 0.791. The van der Waals surface area contributed by atoms with E-state index in [-0.39, 0.29) is 0 Å². The fourth-order valence-electron chi connectivity index (χ4n) is 3.38. The summed E-state index contributed by atoms with van der Waals surface area (Å²) in [5.41, 5.74) is 2.23. The number of rotatable bonds is 4. The molecule has 0 bridgehead atoms. The molecule has 124 valence electrons. The van der Waals surface area contributed by atoms with Crippen LogP contribution in [-0.4, -0.2) is 33.7 Å². The van der Waals surface area contributed by atoms with Gasteiger partial charge in [-0.15, -0.1) is 11.3 Å². The second-order valence-corrected chi connectivity index (χ2v) is 7.40. The molecular formula is C18H20N4OS. The Morgan fingerprint density at radius 2 is 2.21 bits per heavy atom. The lowest BCUT2D eigenvalue weighted by atomic mass is 10.1. The summed E-state index contributed by atoms with van der Waals surface area (Å²) in [6.07, 6.45) is 6.30. The summed E-state index contributed by atoms with van der Waals surface area (Å²) in [7, 11) is 1.99. The lowest BCUT2D eigenvalue weighted by molar-refractivity contribution is 0.184. The van der Waals surface area contributed by atoms with Gasteiger partial charge in [0.05, 0.1) is 11.5 Å². The molecule has 0 fully saturated rings. The zero-order valence-electron chi connectivity index (χ0n) is 13.9. The van der Waals surface area contributed by atoms with Gasteiger partial charge >= 0.3 is 0 Å². The Bertz CT molecular complexity index is 878. The third kappa shape index (κ3) is 2.65. The van der Waals surface area contributed by atoms with Gasteiger partial charge in [0.15, 0.2) is 0 Å². The van der Waals surface area contributed by atoms with E-state index in [9.17, 15) is 5.11 Å². The molecule has 1 atom stereocenters. The molecule has 3 heterocycles. The number of aliphatic hydroxyl groups is 1. The Morgan fingerprint density at radius 1 is 1.33 bits per heavy atom. The number of aromatic nitrogens is 3. The Hall–Kier alpha value is -2.05. The van der Waals surface area contributed by atoms with Crippen molar-refractivity contribution in [1.29, 1.82) is 0 Å². The highest BCUT2D eigenvalue weighted by molar-refractivity contribution is 7.19. The molecule has 1 N–H and O–H groups in total. The molecule has 24 heavy (non-hydrogen) atoms. The second kappa shape index (κ2) is 6.11. The Morgan fingerprint density at radius 3 is 3.00 bits per heavy atom. The van der Waals surface area contributed by atoms with Crippen molar-refractivity contribution in [3.8, 4) is 0 Å². The maximum absolute atomic E-state index is 10.5. The zero-order valence-corrected chi connectivity index (χ0v) is 14.7. The molecule has 1 aliphatic rings. The smallest absolute Gasteiger partial charge is 0.141 e. The standard InChI is InChI=1S/C18H20N4OS/c1-11-20-17(16-13-6-3-7-15(13)24-18(16)21-11)22(2)10-14(23)12-5-4-8-19-9-12/h4-5,8-9,14,23H,3,6-7,10H2,1-2H3. The van der Waals surface area contributed by atoms with Crippen molar-refractivity contribution >= 4 is 27.4 Å². The molecule has 0 saturated heterocycles. The summed E-state index contributed by atoms with van der Waals surface area (Å²) in [4.78, 5) is 18.0. The molecule has 5 nitrogen and oxygen atoms in total. The van der Waals surface area contributed by atoms with Crippen LogP contribution < -0.4 is 4.90 Å². The molecule has 1 aliphatic carbocycles. The van der Waals surface area contributed by atoms with E-state index in [4.69, 9.17) is 4.98 Å². The average molecular weight is 340 g/mol. The van der Waals surface area contributed by atoms with Gasteiger partial charge in [-0.3, -0.25) is 4.98 Å². The van der Waals surface area contributed by atoms with Crippen LogP contribution in [0, 0.1) is 6.92 Å². The van der Waals surface area contributed by atoms with E-state index in [1.165, 1.54) is 22.2 Å². The highest BCUT2D eigenvalue weighted by Crippen LogP contribution is 2.40. The highest BCUT2D eigenvalue weighted by atomic mass is 32.1. The number of thiophene rings is 1. The number of nitrogens with zero attached hydrogens (tertiary/aromatic N) is 4. The van der Waals surface area contributed by atoms with E-state index in [0.717, 1.165) is 34.9 Å². The number of hydrogen-bond donors (Lipinski definition) is 1. The van der Waals surface area contributed by atoms with Crippen molar-refractivity contribution in [3.05, 3.63) is 46.4 Å². The number of hydrogen-bond acceptors (Lipinski definition) is 6. The van der Waals surface area contributed by atoms with Gasteiger partial charge in [0.25, 0.3) is 0 Å². The molecule has 0 spiro atoms. The molecule has 3 aromatic rings. The SMILES string of the molecule is Cc1nc(N(C)CC(O)c2cccnc2)c2c3c(sc2n1)CCC3. The lowest BCUT2D eigenvalue weighted by Crippen LogP contribution is -2.25. The van der Waals surface area contributed by atoms with E-state index in [2.05, 4.69) is 9.97 Å². The molecule has 0 amide bonds. The van der Waals surface area contributed by atoms with E-state index >= 15 is 0 Å². The first-order valence-corrected chi connectivity index (χ1v) is 9.03. The van der Waals surface area contributed by atoms with Gasteiger partial charge < -0.3 is 10.0 Å². The highest BCUT2D eigenvalue weighted by Gasteiger charge is 2.24. The van der Waals surface area contributed by atoms with E-state index in [0.29, 0.717) is 6.54 Å². The molecule has 4 rings (SSSR count). The number of aliphatic hydroxyl groups excluding tert-OH is 1. The molecule has 0 aromatic carbocycles.